The van der Waals surface area contributed by atoms with Crippen molar-refractivity contribution in [1.29, 1.82) is 0 Å². The van der Waals surface area contributed by atoms with Crippen LogP contribution in [0.15, 0.2) is 12.3 Å². The molecule has 0 bridgehead atoms. The number of pyridine rings is 1. The molecule has 0 atom stereocenters. The van der Waals surface area contributed by atoms with Gasteiger partial charge >= 0.3 is 0 Å². The van der Waals surface area contributed by atoms with Gasteiger partial charge in [-0.2, -0.15) is 0 Å². The van der Waals surface area contributed by atoms with Gasteiger partial charge in [-0.3, -0.25) is 4.40 Å². The molecule has 7 heteroatoms. The van der Waals surface area contributed by atoms with Gasteiger partial charge in [0.25, 0.3) is 0 Å². The zero-order valence-corrected chi connectivity index (χ0v) is 10.9. The number of hydrogen-bond acceptors (Lipinski definition) is 3. The maximum absolute atomic E-state index is 8.64. The third-order valence-electron chi connectivity index (χ3n) is 2.19. The monoisotopic (exact) mass is 294 g/mol. The normalized spacial score (nSPS) is 11.3. The molecule has 0 amide bonds. The number of rotatable bonds is 4. The van der Waals surface area contributed by atoms with Gasteiger partial charge in [0.1, 0.15) is 5.65 Å². The fraction of sp³-hybridized carbons (Fsp3) is 0.300. The second kappa shape index (κ2) is 5.42. The quantitative estimate of drug-likeness (QED) is 0.882. The molecule has 2 heterocycles. The number of halogens is 3. The molecule has 0 fully saturated rings. The molecule has 2 aromatic heterocycles. The lowest BCUT2D eigenvalue weighted by Gasteiger charge is -2.04. The van der Waals surface area contributed by atoms with Crippen molar-refractivity contribution in [3.05, 3.63) is 33.2 Å². The SMILES string of the molecule is OCCOCc1c(Cl)nc2cc(Cl)c(Cl)cn12. The molecule has 0 unspecified atom stereocenters. The third-order valence-corrected chi connectivity index (χ3v) is 3.20. The van der Waals surface area contributed by atoms with E-state index in [1.165, 1.54) is 0 Å². The smallest absolute Gasteiger partial charge is 0.153 e. The van der Waals surface area contributed by atoms with Crippen LogP contribution in [0.1, 0.15) is 5.69 Å². The molecule has 2 rings (SSSR count). The van der Waals surface area contributed by atoms with Gasteiger partial charge in [0.05, 0.1) is 35.6 Å². The number of imidazole rings is 1. The van der Waals surface area contributed by atoms with Crippen molar-refractivity contribution in [3.8, 4) is 0 Å². The minimum Gasteiger partial charge on any atom is -0.394 e. The van der Waals surface area contributed by atoms with Gasteiger partial charge in [0, 0.05) is 12.3 Å². The predicted molar refractivity (Wildman–Crippen MR) is 67.0 cm³/mol. The highest BCUT2D eigenvalue weighted by atomic mass is 35.5. The Balaban J connectivity index is 2.40. The molecule has 92 valence electrons. The first-order valence-corrected chi connectivity index (χ1v) is 5.97. The van der Waals surface area contributed by atoms with Gasteiger partial charge in [-0.05, 0) is 0 Å². The summed E-state index contributed by atoms with van der Waals surface area (Å²) >= 11 is 17.8. The van der Waals surface area contributed by atoms with Gasteiger partial charge in [-0.25, -0.2) is 4.98 Å². The van der Waals surface area contributed by atoms with Crippen LogP contribution < -0.4 is 0 Å². The molecule has 1 N–H and O–H groups in total. The summed E-state index contributed by atoms with van der Waals surface area (Å²) in [6.07, 6.45) is 1.63. The Labute approximate surface area is 113 Å². The summed E-state index contributed by atoms with van der Waals surface area (Å²) < 4.78 is 6.93. The fourth-order valence-corrected chi connectivity index (χ4v) is 1.95. The maximum atomic E-state index is 8.64. The minimum absolute atomic E-state index is 0.0407. The van der Waals surface area contributed by atoms with Crippen LogP contribution in [-0.2, 0) is 11.3 Å². The summed E-state index contributed by atoms with van der Waals surface area (Å²) in [7, 11) is 0. The van der Waals surface area contributed by atoms with E-state index in [-0.39, 0.29) is 19.8 Å². The lowest BCUT2D eigenvalue weighted by Crippen LogP contribution is -2.02. The zero-order valence-electron chi connectivity index (χ0n) is 8.66. The second-order valence-corrected chi connectivity index (χ2v) is 4.50. The average Bonchev–Trinajstić information content (AvgIpc) is 2.57. The zero-order chi connectivity index (χ0) is 12.4. The van der Waals surface area contributed by atoms with Gasteiger partial charge in [-0.15, -0.1) is 0 Å². The second-order valence-electron chi connectivity index (χ2n) is 3.32. The van der Waals surface area contributed by atoms with Gasteiger partial charge in [0.15, 0.2) is 5.15 Å². The minimum atomic E-state index is -0.0407. The first kappa shape index (κ1) is 12.9. The van der Waals surface area contributed by atoms with E-state index in [1.807, 2.05) is 0 Å². The van der Waals surface area contributed by atoms with Gasteiger partial charge in [-0.1, -0.05) is 34.8 Å². The average molecular weight is 296 g/mol. The Morgan fingerprint density at radius 2 is 2.06 bits per heavy atom. The highest BCUT2D eigenvalue weighted by Gasteiger charge is 2.12. The summed E-state index contributed by atoms with van der Waals surface area (Å²) in [4.78, 5) is 4.14. The van der Waals surface area contributed by atoms with Crippen molar-refractivity contribution in [2.75, 3.05) is 13.2 Å². The number of fused-ring (bicyclic) bond motifs is 1. The molecule has 0 aliphatic heterocycles. The first-order chi connectivity index (χ1) is 8.13. The number of aliphatic hydroxyl groups is 1. The predicted octanol–water partition coefficient (Wildman–Crippen LogP) is 2.80. The Morgan fingerprint density at radius 1 is 1.29 bits per heavy atom. The summed E-state index contributed by atoms with van der Waals surface area (Å²) in [5, 5.41) is 9.81. The molecule has 17 heavy (non-hydrogen) atoms. The van der Waals surface area contributed by atoms with E-state index < -0.39 is 0 Å². The van der Waals surface area contributed by atoms with Crippen molar-refractivity contribution >= 4 is 40.4 Å². The molecular weight excluding hydrogens is 286 g/mol. The third kappa shape index (κ3) is 2.67. The first-order valence-electron chi connectivity index (χ1n) is 4.83. The van der Waals surface area contributed by atoms with Crippen LogP contribution in [-0.4, -0.2) is 27.7 Å². The van der Waals surface area contributed by atoms with E-state index >= 15 is 0 Å². The van der Waals surface area contributed by atoms with Crippen molar-refractivity contribution in [3.63, 3.8) is 0 Å². The molecule has 0 radical (unpaired) electrons. The molecule has 0 aliphatic carbocycles. The van der Waals surface area contributed by atoms with Crippen LogP contribution >= 0.6 is 34.8 Å². The van der Waals surface area contributed by atoms with Gasteiger partial charge in [0.2, 0.25) is 0 Å². The summed E-state index contributed by atoms with van der Waals surface area (Å²) in [6, 6.07) is 1.63. The maximum Gasteiger partial charge on any atom is 0.153 e. The molecule has 0 aromatic carbocycles. The van der Waals surface area contributed by atoms with Crippen LogP contribution in [0.5, 0.6) is 0 Å². The van der Waals surface area contributed by atoms with Crippen LogP contribution in [0.3, 0.4) is 0 Å². The van der Waals surface area contributed by atoms with Crippen LogP contribution in [0.4, 0.5) is 0 Å². The molecule has 0 aliphatic rings. The number of hydrogen-bond donors (Lipinski definition) is 1. The molecule has 0 spiro atoms. The Bertz CT molecular complexity index is 542. The number of aliphatic hydroxyl groups excluding tert-OH is 1. The van der Waals surface area contributed by atoms with Crippen molar-refractivity contribution in [2.45, 2.75) is 6.61 Å². The highest BCUT2D eigenvalue weighted by Crippen LogP contribution is 2.26. The van der Waals surface area contributed by atoms with Crippen molar-refractivity contribution < 1.29 is 9.84 Å². The summed E-state index contributed by atoms with van der Waals surface area (Å²) in [5.74, 6) is 0. The number of aromatic nitrogens is 2. The van der Waals surface area contributed by atoms with Crippen LogP contribution in [0, 0.1) is 0 Å². The standard InChI is InChI=1S/C10H9Cl3N2O2/c11-6-3-9-14-10(13)8(5-17-2-1-16)15(9)4-7(6)12/h3-4,16H,1-2,5H2. The molecule has 4 nitrogen and oxygen atoms in total. The molecule has 0 saturated carbocycles. The van der Waals surface area contributed by atoms with Crippen molar-refractivity contribution in [1.82, 2.24) is 9.38 Å². The van der Waals surface area contributed by atoms with Crippen LogP contribution in [0.25, 0.3) is 5.65 Å². The van der Waals surface area contributed by atoms with Crippen molar-refractivity contribution in [2.24, 2.45) is 0 Å². The highest BCUT2D eigenvalue weighted by molar-refractivity contribution is 6.42. The molecule has 0 saturated heterocycles. The van der Waals surface area contributed by atoms with Crippen LogP contribution in [0.2, 0.25) is 15.2 Å². The summed E-state index contributed by atoms with van der Waals surface area (Å²) in [6.45, 7) is 0.449. The van der Waals surface area contributed by atoms with Gasteiger partial charge < -0.3 is 9.84 Å². The van der Waals surface area contributed by atoms with E-state index in [0.29, 0.717) is 26.5 Å². The van der Waals surface area contributed by atoms with E-state index in [0.717, 1.165) is 0 Å². The van der Waals surface area contributed by atoms with E-state index in [4.69, 9.17) is 44.6 Å². The topological polar surface area (TPSA) is 46.8 Å². The fourth-order valence-electron chi connectivity index (χ4n) is 1.42. The van der Waals surface area contributed by atoms with E-state index in [2.05, 4.69) is 4.98 Å². The van der Waals surface area contributed by atoms with E-state index in [9.17, 15) is 0 Å². The Morgan fingerprint density at radius 3 is 2.76 bits per heavy atom. The largest absolute Gasteiger partial charge is 0.394 e. The molecular formula is C10H9Cl3N2O2. The lowest BCUT2D eigenvalue weighted by molar-refractivity contribution is 0.0794. The van der Waals surface area contributed by atoms with E-state index in [1.54, 1.807) is 16.7 Å². The number of nitrogens with zero attached hydrogens (tertiary/aromatic N) is 2. The molecule has 2 aromatic rings. The Hall–Kier alpha value is -0.520. The summed E-state index contributed by atoms with van der Waals surface area (Å²) in [5.41, 5.74) is 1.28. The Kier molecular flexibility index (Phi) is 4.12. The lowest BCUT2D eigenvalue weighted by atomic mass is 10.4. The number of ether oxygens (including phenoxy) is 1.